The third-order valence-corrected chi connectivity index (χ3v) is 9.77. The van der Waals surface area contributed by atoms with Gasteiger partial charge in [-0.05, 0) is 84.7 Å². The highest BCUT2D eigenvalue weighted by Gasteiger charge is 2.28. The quantitative estimate of drug-likeness (QED) is 0.379. The van der Waals surface area contributed by atoms with Crippen molar-refractivity contribution in [2.45, 2.75) is 102 Å². The van der Waals surface area contributed by atoms with Gasteiger partial charge in [0.2, 0.25) is 0 Å². The number of aliphatic hydroxyl groups is 1. The minimum atomic E-state index is -0.120. The number of aliphatic hydroxyl groups excluding tert-OH is 1. The van der Waals surface area contributed by atoms with Gasteiger partial charge in [-0.25, -0.2) is 4.98 Å². The molecule has 2 heterocycles. The molecule has 37 heavy (non-hydrogen) atoms. The molecular formula is C33H43N3O. The van der Waals surface area contributed by atoms with Crippen LogP contribution in [0.4, 0.5) is 5.69 Å². The lowest BCUT2D eigenvalue weighted by atomic mass is 9.73. The second-order valence-electron chi connectivity index (χ2n) is 12.2. The number of aromatic nitrogens is 2. The summed E-state index contributed by atoms with van der Waals surface area (Å²) in [7, 11) is 0. The van der Waals surface area contributed by atoms with Gasteiger partial charge in [0.25, 0.3) is 0 Å². The highest BCUT2D eigenvalue weighted by molar-refractivity contribution is 5.93. The van der Waals surface area contributed by atoms with E-state index in [1.165, 1.54) is 67.2 Å². The van der Waals surface area contributed by atoms with Crippen LogP contribution in [0.3, 0.4) is 0 Å². The normalized spacial score (nSPS) is 26.3. The topological polar surface area (TPSA) is 61.3 Å². The average Bonchev–Trinajstić information content (AvgIpc) is 3.45. The number of hydrogen-bond acceptors (Lipinski definition) is 3. The smallest absolute Gasteiger partial charge is 0.0961 e. The number of rotatable bonds is 4. The van der Waals surface area contributed by atoms with Gasteiger partial charge in [-0.15, -0.1) is 0 Å². The summed E-state index contributed by atoms with van der Waals surface area (Å²) in [4.78, 5) is 13.1. The summed E-state index contributed by atoms with van der Waals surface area (Å²) in [6, 6.07) is 11.6. The molecule has 4 heteroatoms. The van der Waals surface area contributed by atoms with Gasteiger partial charge in [0, 0.05) is 17.7 Å². The van der Waals surface area contributed by atoms with E-state index in [4.69, 9.17) is 9.98 Å². The van der Waals surface area contributed by atoms with Crippen LogP contribution < -0.4 is 0 Å². The molecule has 2 aromatic carbocycles. The SMILES string of the molecule is CC(C1C=Nc2cc(-c3cc(C4CCCCC(O)CCC4)cc4[nH]cnc34)ccc2C1)C1CCCCC1. The fraction of sp³-hybridized carbons (Fsp3) is 0.576. The fourth-order valence-corrected chi connectivity index (χ4v) is 7.36. The highest BCUT2D eigenvalue weighted by Crippen LogP contribution is 2.41. The number of nitrogens with zero attached hydrogens (tertiary/aromatic N) is 2. The lowest BCUT2D eigenvalue weighted by Gasteiger charge is -2.33. The van der Waals surface area contributed by atoms with Crippen LogP contribution in [0.1, 0.15) is 101 Å². The zero-order chi connectivity index (χ0) is 25.2. The number of fused-ring (bicyclic) bond motifs is 2. The van der Waals surface area contributed by atoms with Gasteiger partial charge in [-0.2, -0.15) is 0 Å². The Morgan fingerprint density at radius 1 is 0.892 bits per heavy atom. The molecule has 196 valence electrons. The largest absolute Gasteiger partial charge is 0.393 e. The van der Waals surface area contributed by atoms with Gasteiger partial charge in [0.15, 0.2) is 0 Å². The Morgan fingerprint density at radius 2 is 1.68 bits per heavy atom. The van der Waals surface area contributed by atoms with Crippen LogP contribution in [0.5, 0.6) is 0 Å². The highest BCUT2D eigenvalue weighted by atomic mass is 16.3. The molecule has 2 saturated carbocycles. The Hall–Kier alpha value is -2.46. The number of imidazole rings is 1. The molecular weight excluding hydrogens is 454 g/mol. The first-order valence-corrected chi connectivity index (χ1v) is 15.0. The van der Waals surface area contributed by atoms with Gasteiger partial charge in [-0.3, -0.25) is 4.99 Å². The maximum absolute atomic E-state index is 10.2. The van der Waals surface area contributed by atoms with Crippen molar-refractivity contribution in [3.05, 3.63) is 47.8 Å². The molecule has 0 saturated heterocycles. The number of benzene rings is 2. The Bertz CT molecular complexity index is 1240. The lowest BCUT2D eigenvalue weighted by molar-refractivity contribution is 0.150. The van der Waals surface area contributed by atoms with Gasteiger partial charge in [0.1, 0.15) is 0 Å². The van der Waals surface area contributed by atoms with E-state index in [0.29, 0.717) is 17.8 Å². The third-order valence-electron chi connectivity index (χ3n) is 9.77. The first-order chi connectivity index (χ1) is 18.2. The molecule has 3 aliphatic rings. The van der Waals surface area contributed by atoms with Crippen molar-refractivity contribution in [1.29, 1.82) is 0 Å². The van der Waals surface area contributed by atoms with Crippen molar-refractivity contribution >= 4 is 22.9 Å². The molecule has 0 bridgehead atoms. The molecule has 4 nitrogen and oxygen atoms in total. The first kappa shape index (κ1) is 24.9. The van der Waals surface area contributed by atoms with E-state index in [9.17, 15) is 5.11 Å². The molecule has 6 rings (SSSR count). The zero-order valence-corrected chi connectivity index (χ0v) is 22.5. The number of hydrogen-bond donors (Lipinski definition) is 2. The second kappa shape index (κ2) is 11.1. The summed E-state index contributed by atoms with van der Waals surface area (Å²) in [5, 5.41) is 10.2. The minimum absolute atomic E-state index is 0.120. The van der Waals surface area contributed by atoms with Crippen molar-refractivity contribution in [3.8, 4) is 11.1 Å². The first-order valence-electron chi connectivity index (χ1n) is 15.0. The molecule has 2 N–H and O–H groups in total. The third kappa shape index (κ3) is 5.41. The maximum atomic E-state index is 10.2. The molecule has 1 aliphatic heterocycles. The average molecular weight is 498 g/mol. The molecule has 0 amide bonds. The van der Waals surface area contributed by atoms with E-state index in [-0.39, 0.29) is 6.10 Å². The summed E-state index contributed by atoms with van der Waals surface area (Å²) in [6.07, 6.45) is 19.7. The lowest BCUT2D eigenvalue weighted by Crippen LogP contribution is -2.26. The summed E-state index contributed by atoms with van der Waals surface area (Å²) in [5.41, 5.74) is 8.53. The summed E-state index contributed by atoms with van der Waals surface area (Å²) in [5.74, 6) is 2.67. The number of aliphatic imine (C=N–C) groups is 1. The van der Waals surface area contributed by atoms with Crippen LogP contribution in [0.15, 0.2) is 41.7 Å². The zero-order valence-electron chi connectivity index (χ0n) is 22.5. The van der Waals surface area contributed by atoms with Gasteiger partial charge in [0.05, 0.1) is 29.2 Å². The van der Waals surface area contributed by atoms with Crippen LogP contribution in [-0.2, 0) is 6.42 Å². The predicted octanol–water partition coefficient (Wildman–Crippen LogP) is 8.51. The van der Waals surface area contributed by atoms with E-state index in [1.54, 1.807) is 0 Å². The standard InChI is InChI=1S/C33H43N3O/c1-22(23-8-3-2-4-9-23)28-16-26-15-14-25(18-31(26)34-20-28)30-17-27(19-32-33(30)36-21-35-32)24-10-5-6-12-29(37)13-7-11-24/h14-15,17-24,28-29,37H,2-13,16H2,1H3,(H,35,36). The Balaban J connectivity index is 1.27. The number of H-pyrrole nitrogens is 1. The molecule has 4 unspecified atom stereocenters. The summed E-state index contributed by atoms with van der Waals surface area (Å²) >= 11 is 0. The number of aromatic amines is 1. The minimum Gasteiger partial charge on any atom is -0.393 e. The van der Waals surface area contributed by atoms with Crippen LogP contribution in [-0.4, -0.2) is 27.4 Å². The summed E-state index contributed by atoms with van der Waals surface area (Å²) < 4.78 is 0. The molecule has 0 spiro atoms. The molecule has 3 aromatic rings. The van der Waals surface area contributed by atoms with E-state index >= 15 is 0 Å². The van der Waals surface area contributed by atoms with E-state index < -0.39 is 0 Å². The van der Waals surface area contributed by atoms with Crippen LogP contribution in [0, 0.1) is 17.8 Å². The van der Waals surface area contributed by atoms with Crippen LogP contribution in [0.2, 0.25) is 0 Å². The molecule has 1 aromatic heterocycles. The van der Waals surface area contributed by atoms with E-state index in [2.05, 4.69) is 48.5 Å². The molecule has 0 radical (unpaired) electrons. The van der Waals surface area contributed by atoms with Crippen molar-refractivity contribution in [3.63, 3.8) is 0 Å². The Morgan fingerprint density at radius 3 is 2.57 bits per heavy atom. The van der Waals surface area contributed by atoms with E-state index in [1.807, 2.05) is 6.33 Å². The molecule has 4 atom stereocenters. The fourth-order valence-electron chi connectivity index (χ4n) is 7.36. The second-order valence-corrected chi connectivity index (χ2v) is 12.2. The van der Waals surface area contributed by atoms with Gasteiger partial charge < -0.3 is 10.1 Å². The van der Waals surface area contributed by atoms with Gasteiger partial charge >= 0.3 is 0 Å². The predicted molar refractivity (Wildman–Crippen MR) is 154 cm³/mol. The van der Waals surface area contributed by atoms with Crippen molar-refractivity contribution in [2.24, 2.45) is 22.7 Å². The van der Waals surface area contributed by atoms with Crippen LogP contribution in [0.25, 0.3) is 22.2 Å². The molecule has 2 aliphatic carbocycles. The van der Waals surface area contributed by atoms with Gasteiger partial charge in [-0.1, -0.05) is 70.4 Å². The number of nitrogens with one attached hydrogen (secondary N) is 1. The van der Waals surface area contributed by atoms with Crippen molar-refractivity contribution < 1.29 is 5.11 Å². The van der Waals surface area contributed by atoms with Crippen LogP contribution >= 0.6 is 0 Å². The summed E-state index contributed by atoms with van der Waals surface area (Å²) in [6.45, 7) is 2.46. The van der Waals surface area contributed by atoms with Crippen molar-refractivity contribution in [2.75, 3.05) is 0 Å². The maximum Gasteiger partial charge on any atom is 0.0961 e. The Labute approximate surface area is 222 Å². The molecule has 2 fully saturated rings. The Kier molecular flexibility index (Phi) is 7.46. The van der Waals surface area contributed by atoms with Crippen molar-refractivity contribution in [1.82, 2.24) is 9.97 Å². The monoisotopic (exact) mass is 497 g/mol. The van der Waals surface area contributed by atoms with E-state index in [0.717, 1.165) is 61.2 Å².